The van der Waals surface area contributed by atoms with Crippen LogP contribution in [0.25, 0.3) is 0 Å². The number of ether oxygens (including phenoxy) is 2. The number of fused-ring (bicyclic) bond motifs is 1. The lowest BCUT2D eigenvalue weighted by Crippen LogP contribution is -2.48. The maximum atomic E-state index is 6.70. The summed E-state index contributed by atoms with van der Waals surface area (Å²) >= 11 is 0. The van der Waals surface area contributed by atoms with E-state index in [-0.39, 0.29) is 5.60 Å². The summed E-state index contributed by atoms with van der Waals surface area (Å²) in [7, 11) is 1.78. The molecule has 2 heterocycles. The molecule has 1 aromatic carbocycles. The van der Waals surface area contributed by atoms with Gasteiger partial charge in [-0.15, -0.1) is 0 Å². The smallest absolute Gasteiger partial charge is 0.127 e. The molecule has 1 atom stereocenters. The molecule has 0 saturated carbocycles. The molecule has 29 heavy (non-hydrogen) atoms. The highest BCUT2D eigenvalue weighted by Crippen LogP contribution is 2.44. The van der Waals surface area contributed by atoms with Gasteiger partial charge in [-0.25, -0.2) is 0 Å². The lowest BCUT2D eigenvalue weighted by Gasteiger charge is -2.41. The quantitative estimate of drug-likeness (QED) is 0.657. The number of rotatable bonds is 7. The second kappa shape index (κ2) is 9.26. The van der Waals surface area contributed by atoms with E-state index >= 15 is 0 Å². The summed E-state index contributed by atoms with van der Waals surface area (Å²) in [5, 5.41) is 0. The first-order valence-corrected chi connectivity index (χ1v) is 11.5. The minimum absolute atomic E-state index is 0.0694. The van der Waals surface area contributed by atoms with Gasteiger partial charge in [0.2, 0.25) is 0 Å². The highest BCUT2D eigenvalue weighted by Gasteiger charge is 2.35. The average Bonchev–Trinajstić information content (AvgIpc) is 2.70. The van der Waals surface area contributed by atoms with Crippen molar-refractivity contribution in [2.45, 2.75) is 72.8 Å². The molecule has 1 fully saturated rings. The third-order valence-electron chi connectivity index (χ3n) is 7.21. The Kier molecular flexibility index (Phi) is 7.16. The standard InChI is InChI=1S/C25H42N2O2/c1-18(2)9-12-26-14-16-27(17-15-26)13-11-25(6)10-8-22-21(5)23(28-7)19(3)20(4)24(22)29-25/h18H,8-17H2,1-7H3. The normalized spacial score (nSPS) is 23.2. The van der Waals surface area contributed by atoms with Crippen LogP contribution in [0, 0.1) is 26.7 Å². The minimum Gasteiger partial charge on any atom is -0.496 e. The lowest BCUT2D eigenvalue weighted by molar-refractivity contribution is 0.0354. The third kappa shape index (κ3) is 5.08. The van der Waals surface area contributed by atoms with Crippen LogP contribution in [-0.4, -0.2) is 61.8 Å². The molecule has 1 unspecified atom stereocenters. The molecule has 1 aromatic rings. The van der Waals surface area contributed by atoms with Crippen LogP contribution >= 0.6 is 0 Å². The van der Waals surface area contributed by atoms with Crippen molar-refractivity contribution in [1.82, 2.24) is 9.80 Å². The van der Waals surface area contributed by atoms with E-state index in [1.807, 2.05) is 0 Å². The first kappa shape index (κ1) is 22.4. The summed E-state index contributed by atoms with van der Waals surface area (Å²) < 4.78 is 12.4. The molecule has 0 bridgehead atoms. The van der Waals surface area contributed by atoms with E-state index in [0.29, 0.717) is 0 Å². The number of piperazine rings is 1. The molecule has 0 aliphatic carbocycles. The fraction of sp³-hybridized carbons (Fsp3) is 0.760. The molecule has 3 rings (SSSR count). The van der Waals surface area contributed by atoms with E-state index in [0.717, 1.165) is 43.2 Å². The molecule has 2 aliphatic rings. The Morgan fingerprint density at radius 1 is 0.966 bits per heavy atom. The van der Waals surface area contributed by atoms with Crippen LogP contribution < -0.4 is 9.47 Å². The van der Waals surface area contributed by atoms with E-state index in [9.17, 15) is 0 Å². The van der Waals surface area contributed by atoms with Crippen LogP contribution in [0.5, 0.6) is 11.5 Å². The predicted molar refractivity (Wildman–Crippen MR) is 122 cm³/mol. The summed E-state index contributed by atoms with van der Waals surface area (Å²) in [4.78, 5) is 5.27. The molecular weight excluding hydrogens is 360 g/mol. The van der Waals surface area contributed by atoms with Gasteiger partial charge in [0.15, 0.2) is 0 Å². The summed E-state index contributed by atoms with van der Waals surface area (Å²) in [6.07, 6.45) is 4.58. The maximum Gasteiger partial charge on any atom is 0.127 e. The van der Waals surface area contributed by atoms with Crippen molar-refractivity contribution < 1.29 is 9.47 Å². The van der Waals surface area contributed by atoms with Crippen molar-refractivity contribution in [2.75, 3.05) is 46.4 Å². The number of benzene rings is 1. The highest BCUT2D eigenvalue weighted by atomic mass is 16.5. The van der Waals surface area contributed by atoms with E-state index < -0.39 is 0 Å². The summed E-state index contributed by atoms with van der Waals surface area (Å²) in [5.74, 6) is 2.95. The van der Waals surface area contributed by atoms with Gasteiger partial charge in [0.1, 0.15) is 17.1 Å². The number of hydrogen-bond acceptors (Lipinski definition) is 4. The molecule has 0 aromatic heterocycles. The van der Waals surface area contributed by atoms with Crippen molar-refractivity contribution in [3.63, 3.8) is 0 Å². The average molecular weight is 403 g/mol. The summed E-state index contributed by atoms with van der Waals surface area (Å²) in [6.45, 7) is 20.7. The van der Waals surface area contributed by atoms with Gasteiger partial charge in [0.05, 0.1) is 7.11 Å². The van der Waals surface area contributed by atoms with Gasteiger partial charge in [0.25, 0.3) is 0 Å². The van der Waals surface area contributed by atoms with Crippen LogP contribution in [0.2, 0.25) is 0 Å². The van der Waals surface area contributed by atoms with Gasteiger partial charge < -0.3 is 19.3 Å². The van der Waals surface area contributed by atoms with Crippen LogP contribution in [-0.2, 0) is 6.42 Å². The molecule has 0 N–H and O–H groups in total. The Hall–Kier alpha value is -1.26. The molecule has 2 aliphatic heterocycles. The molecule has 0 radical (unpaired) electrons. The van der Waals surface area contributed by atoms with Crippen LogP contribution in [0.3, 0.4) is 0 Å². The zero-order valence-electron chi connectivity index (χ0n) is 19.9. The fourth-order valence-corrected chi connectivity index (χ4v) is 4.84. The number of methoxy groups -OCH3 is 1. The molecule has 4 heteroatoms. The molecule has 1 saturated heterocycles. The minimum atomic E-state index is -0.0694. The van der Waals surface area contributed by atoms with Gasteiger partial charge in [-0.05, 0) is 82.5 Å². The van der Waals surface area contributed by atoms with Gasteiger partial charge in [-0.3, -0.25) is 0 Å². The Balaban J connectivity index is 1.57. The van der Waals surface area contributed by atoms with E-state index in [2.05, 4.69) is 51.3 Å². The molecule has 0 spiro atoms. The molecule has 0 amide bonds. The lowest BCUT2D eigenvalue weighted by atomic mass is 9.85. The predicted octanol–water partition coefficient (Wildman–Crippen LogP) is 4.76. The van der Waals surface area contributed by atoms with Crippen molar-refractivity contribution in [3.8, 4) is 11.5 Å². The van der Waals surface area contributed by atoms with E-state index in [1.54, 1.807) is 7.11 Å². The third-order valence-corrected chi connectivity index (χ3v) is 7.21. The van der Waals surface area contributed by atoms with Crippen molar-refractivity contribution in [1.29, 1.82) is 0 Å². The molecular formula is C25H42N2O2. The van der Waals surface area contributed by atoms with Crippen molar-refractivity contribution in [3.05, 3.63) is 22.3 Å². The van der Waals surface area contributed by atoms with E-state index in [1.165, 1.54) is 61.4 Å². The van der Waals surface area contributed by atoms with Crippen molar-refractivity contribution >= 4 is 0 Å². The van der Waals surface area contributed by atoms with Gasteiger partial charge in [-0.2, -0.15) is 0 Å². The van der Waals surface area contributed by atoms with Crippen LogP contribution in [0.1, 0.15) is 62.3 Å². The zero-order valence-corrected chi connectivity index (χ0v) is 19.9. The first-order valence-electron chi connectivity index (χ1n) is 11.5. The Labute approximate surface area is 178 Å². The summed E-state index contributed by atoms with van der Waals surface area (Å²) in [6, 6.07) is 0. The maximum absolute atomic E-state index is 6.70. The second-order valence-corrected chi connectivity index (χ2v) is 9.88. The SMILES string of the molecule is COc1c(C)c(C)c2c(c1C)CCC(C)(CCN1CCN(CCC(C)C)CC1)O2. The largest absolute Gasteiger partial charge is 0.496 e. The zero-order chi connectivity index (χ0) is 21.2. The Bertz CT molecular complexity index is 708. The van der Waals surface area contributed by atoms with Gasteiger partial charge in [-0.1, -0.05) is 13.8 Å². The Morgan fingerprint density at radius 3 is 2.17 bits per heavy atom. The number of nitrogens with zero attached hydrogens (tertiary/aromatic N) is 2. The van der Waals surface area contributed by atoms with Gasteiger partial charge in [0, 0.05) is 38.3 Å². The molecule has 164 valence electrons. The number of hydrogen-bond donors (Lipinski definition) is 0. The first-order chi connectivity index (χ1) is 13.7. The van der Waals surface area contributed by atoms with Crippen LogP contribution in [0.15, 0.2) is 0 Å². The van der Waals surface area contributed by atoms with E-state index in [4.69, 9.17) is 9.47 Å². The van der Waals surface area contributed by atoms with Gasteiger partial charge >= 0.3 is 0 Å². The topological polar surface area (TPSA) is 24.9 Å². The van der Waals surface area contributed by atoms with Crippen molar-refractivity contribution in [2.24, 2.45) is 5.92 Å². The fourth-order valence-electron chi connectivity index (χ4n) is 4.84. The second-order valence-electron chi connectivity index (χ2n) is 9.88. The summed E-state index contributed by atoms with van der Waals surface area (Å²) in [5.41, 5.74) is 4.99. The Morgan fingerprint density at radius 2 is 1.59 bits per heavy atom. The highest BCUT2D eigenvalue weighted by molar-refractivity contribution is 5.58. The molecule has 4 nitrogen and oxygen atoms in total. The monoisotopic (exact) mass is 402 g/mol. The van der Waals surface area contributed by atoms with Crippen LogP contribution in [0.4, 0.5) is 0 Å².